The molecule has 7 nitrogen and oxygen atoms in total. The minimum absolute atomic E-state index is 0.183. The highest BCUT2D eigenvalue weighted by molar-refractivity contribution is 7.89. The fourth-order valence-corrected chi connectivity index (χ4v) is 4.77. The molecule has 0 aromatic carbocycles. The summed E-state index contributed by atoms with van der Waals surface area (Å²) in [5.41, 5.74) is 6.96. The fourth-order valence-electron chi connectivity index (χ4n) is 2.75. The molecule has 1 saturated heterocycles. The van der Waals surface area contributed by atoms with Crippen molar-refractivity contribution in [2.75, 3.05) is 33.2 Å². The Hall–Kier alpha value is -0.960. The van der Waals surface area contributed by atoms with E-state index in [0.717, 1.165) is 0 Å². The van der Waals surface area contributed by atoms with E-state index in [2.05, 4.69) is 10.00 Å². The number of likely N-dealkylation sites (N-methyl/N-ethyl adjacent to an activating group) is 1. The Kier molecular flexibility index (Phi) is 4.19. The van der Waals surface area contributed by atoms with E-state index < -0.39 is 10.0 Å². The lowest BCUT2D eigenvalue weighted by atomic mass is 10.2. The third kappa shape index (κ3) is 2.48. The molecule has 20 heavy (non-hydrogen) atoms. The Bertz CT molecular complexity index is 595. The van der Waals surface area contributed by atoms with Crippen LogP contribution in [0.15, 0.2) is 4.90 Å². The molecule has 0 saturated carbocycles. The summed E-state index contributed by atoms with van der Waals surface area (Å²) < 4.78 is 29.0. The molecule has 2 heterocycles. The van der Waals surface area contributed by atoms with E-state index in [0.29, 0.717) is 42.5 Å². The minimum atomic E-state index is -3.54. The zero-order valence-corrected chi connectivity index (χ0v) is 13.3. The molecule has 0 aliphatic carbocycles. The summed E-state index contributed by atoms with van der Waals surface area (Å²) in [7, 11) is 0.191. The third-order valence-corrected chi connectivity index (χ3v) is 6.12. The lowest BCUT2D eigenvalue weighted by molar-refractivity contribution is 0.164. The van der Waals surface area contributed by atoms with E-state index >= 15 is 0 Å². The van der Waals surface area contributed by atoms with Crippen molar-refractivity contribution in [1.82, 2.24) is 19.0 Å². The second kappa shape index (κ2) is 5.44. The van der Waals surface area contributed by atoms with Gasteiger partial charge in [-0.3, -0.25) is 4.68 Å². The number of rotatable bonds is 3. The summed E-state index contributed by atoms with van der Waals surface area (Å²) >= 11 is 0. The van der Waals surface area contributed by atoms with Gasteiger partial charge in [0.1, 0.15) is 4.90 Å². The minimum Gasteiger partial charge on any atom is -0.329 e. The quantitative estimate of drug-likeness (QED) is 0.798. The Balaban J connectivity index is 2.44. The van der Waals surface area contributed by atoms with Crippen molar-refractivity contribution in [3.05, 3.63) is 11.4 Å². The summed E-state index contributed by atoms with van der Waals surface area (Å²) in [6.45, 7) is 5.67. The van der Waals surface area contributed by atoms with Crippen LogP contribution < -0.4 is 5.73 Å². The van der Waals surface area contributed by atoms with Gasteiger partial charge in [-0.2, -0.15) is 9.40 Å². The first-order valence-corrected chi connectivity index (χ1v) is 8.13. The second-order valence-corrected chi connectivity index (χ2v) is 7.22. The summed E-state index contributed by atoms with van der Waals surface area (Å²) in [5.74, 6) is 0. The first kappa shape index (κ1) is 15.4. The van der Waals surface area contributed by atoms with Crippen LogP contribution in [0.1, 0.15) is 11.4 Å². The molecule has 0 bridgehead atoms. The van der Waals surface area contributed by atoms with Gasteiger partial charge >= 0.3 is 0 Å². The highest BCUT2D eigenvalue weighted by atomic mass is 32.2. The van der Waals surface area contributed by atoms with Crippen molar-refractivity contribution in [3.8, 4) is 0 Å². The molecule has 2 rings (SSSR count). The van der Waals surface area contributed by atoms with E-state index in [1.165, 1.54) is 4.31 Å². The number of aromatic nitrogens is 2. The van der Waals surface area contributed by atoms with Gasteiger partial charge in [0.15, 0.2) is 0 Å². The molecule has 114 valence electrons. The highest BCUT2D eigenvalue weighted by Gasteiger charge is 2.37. The Morgan fingerprint density at radius 1 is 1.30 bits per heavy atom. The number of piperazine rings is 1. The van der Waals surface area contributed by atoms with E-state index in [9.17, 15) is 8.42 Å². The standard InChI is InChI=1S/C12H23N5O2S/c1-9-12(10(2)16(4)14-9)20(18,19)17-6-5-15(3)8-11(17)7-13/h11H,5-8,13H2,1-4H3. The highest BCUT2D eigenvalue weighted by Crippen LogP contribution is 2.25. The Labute approximate surface area is 120 Å². The van der Waals surface area contributed by atoms with Crippen molar-refractivity contribution in [2.45, 2.75) is 24.8 Å². The number of nitrogens with two attached hydrogens (primary N) is 1. The average Bonchev–Trinajstić information content (AvgIpc) is 2.63. The van der Waals surface area contributed by atoms with Crippen molar-refractivity contribution < 1.29 is 8.42 Å². The van der Waals surface area contributed by atoms with Crippen LogP contribution in [-0.2, 0) is 17.1 Å². The van der Waals surface area contributed by atoms with Crippen LogP contribution in [0.4, 0.5) is 0 Å². The predicted octanol–water partition coefficient (Wildman–Crippen LogP) is -0.700. The molecule has 1 fully saturated rings. The molecule has 1 aliphatic rings. The molecule has 1 atom stereocenters. The van der Waals surface area contributed by atoms with Crippen LogP contribution >= 0.6 is 0 Å². The van der Waals surface area contributed by atoms with Crippen LogP contribution in [0.2, 0.25) is 0 Å². The maximum Gasteiger partial charge on any atom is 0.247 e. The average molecular weight is 301 g/mol. The van der Waals surface area contributed by atoms with Gasteiger partial charge in [-0.25, -0.2) is 8.42 Å². The van der Waals surface area contributed by atoms with E-state index in [-0.39, 0.29) is 6.04 Å². The van der Waals surface area contributed by atoms with Crippen molar-refractivity contribution in [2.24, 2.45) is 12.8 Å². The van der Waals surface area contributed by atoms with E-state index in [1.54, 1.807) is 25.6 Å². The monoisotopic (exact) mass is 301 g/mol. The van der Waals surface area contributed by atoms with Crippen LogP contribution in [0, 0.1) is 13.8 Å². The molecule has 8 heteroatoms. The second-order valence-electron chi connectivity index (χ2n) is 5.39. The Morgan fingerprint density at radius 2 is 1.95 bits per heavy atom. The molecular weight excluding hydrogens is 278 g/mol. The van der Waals surface area contributed by atoms with Gasteiger partial charge in [0.2, 0.25) is 10.0 Å². The van der Waals surface area contributed by atoms with Gasteiger partial charge < -0.3 is 10.6 Å². The molecule has 0 amide bonds. The van der Waals surface area contributed by atoms with Crippen molar-refractivity contribution in [1.29, 1.82) is 0 Å². The SMILES string of the molecule is Cc1nn(C)c(C)c1S(=O)(=O)N1CCN(C)CC1CN. The molecule has 0 radical (unpaired) electrons. The molecule has 1 aromatic rings. The van der Waals surface area contributed by atoms with Gasteiger partial charge in [0.25, 0.3) is 0 Å². The first-order chi connectivity index (χ1) is 9.28. The van der Waals surface area contributed by atoms with Gasteiger partial charge in [0.05, 0.1) is 17.4 Å². The largest absolute Gasteiger partial charge is 0.329 e. The smallest absolute Gasteiger partial charge is 0.247 e. The van der Waals surface area contributed by atoms with Gasteiger partial charge in [-0.05, 0) is 20.9 Å². The first-order valence-electron chi connectivity index (χ1n) is 6.69. The lowest BCUT2D eigenvalue weighted by Crippen LogP contribution is -2.56. The maximum atomic E-state index is 12.9. The number of nitrogens with zero attached hydrogens (tertiary/aromatic N) is 4. The van der Waals surface area contributed by atoms with Crippen molar-refractivity contribution in [3.63, 3.8) is 0 Å². The zero-order valence-electron chi connectivity index (χ0n) is 12.5. The summed E-state index contributed by atoms with van der Waals surface area (Å²) in [6, 6.07) is -0.183. The molecular formula is C12H23N5O2S. The van der Waals surface area contributed by atoms with Crippen LogP contribution in [0.3, 0.4) is 0 Å². The van der Waals surface area contributed by atoms with E-state index in [4.69, 9.17) is 5.73 Å². The van der Waals surface area contributed by atoms with Crippen LogP contribution in [0.5, 0.6) is 0 Å². The van der Waals surface area contributed by atoms with Crippen LogP contribution in [-0.4, -0.2) is 66.7 Å². The zero-order chi connectivity index (χ0) is 15.1. The third-order valence-electron chi connectivity index (χ3n) is 3.91. The Morgan fingerprint density at radius 3 is 2.45 bits per heavy atom. The van der Waals surface area contributed by atoms with Gasteiger partial charge in [0, 0.05) is 33.2 Å². The van der Waals surface area contributed by atoms with Gasteiger partial charge in [-0.1, -0.05) is 0 Å². The fraction of sp³-hybridized carbons (Fsp3) is 0.750. The molecule has 0 spiro atoms. The lowest BCUT2D eigenvalue weighted by Gasteiger charge is -2.38. The van der Waals surface area contributed by atoms with Gasteiger partial charge in [-0.15, -0.1) is 0 Å². The predicted molar refractivity (Wildman–Crippen MR) is 76.9 cm³/mol. The molecule has 1 unspecified atom stereocenters. The number of hydrogen-bond acceptors (Lipinski definition) is 5. The summed E-state index contributed by atoms with van der Waals surface area (Å²) in [5, 5.41) is 4.21. The number of hydrogen-bond donors (Lipinski definition) is 1. The molecule has 2 N–H and O–H groups in total. The van der Waals surface area contributed by atoms with Crippen LogP contribution in [0.25, 0.3) is 0 Å². The summed E-state index contributed by atoms with van der Waals surface area (Å²) in [6.07, 6.45) is 0. The normalized spacial score (nSPS) is 22.4. The topological polar surface area (TPSA) is 84.5 Å². The number of sulfonamides is 1. The van der Waals surface area contributed by atoms with E-state index in [1.807, 2.05) is 7.05 Å². The van der Waals surface area contributed by atoms with Crippen molar-refractivity contribution >= 4 is 10.0 Å². The maximum absolute atomic E-state index is 12.9. The number of aryl methyl sites for hydroxylation is 2. The summed E-state index contributed by atoms with van der Waals surface area (Å²) in [4.78, 5) is 2.43. The molecule has 1 aromatic heterocycles. The molecule has 1 aliphatic heterocycles.